The number of aromatic nitrogens is 4. The van der Waals surface area contributed by atoms with E-state index in [0.717, 1.165) is 16.7 Å². The lowest BCUT2D eigenvalue weighted by atomic mass is 9.79. The molecular weight excluding hydrogens is 650 g/mol. The minimum atomic E-state index is -1.31. The number of aliphatic hydroxyl groups is 1. The van der Waals surface area contributed by atoms with Crippen molar-refractivity contribution in [3.05, 3.63) is 130 Å². The van der Waals surface area contributed by atoms with Crippen LogP contribution < -0.4 is 30.7 Å². The van der Waals surface area contributed by atoms with Crippen molar-refractivity contribution in [2.45, 2.75) is 36.5 Å². The standard InChI is InChI=1S/C38H41N7O6/c1-24-20-44(36(47)42-34(24)39)35-32-33(46)37(51-35,21-45(32)31-19-30(43(2)3)40-23-41-31)22-50-38(25-9-7-6-8-10-25,26-11-15-28(48-4)16-12-26)27-13-17-29(49-5)18-14-27/h6-20,23,32-33,35,46H,21-22H2,1-5H3,(H2,39,42,47)/t32-,33+,35-,37-/m1/s1. The molecule has 0 aliphatic carbocycles. The molecule has 2 saturated heterocycles. The van der Waals surface area contributed by atoms with Gasteiger partial charge in [-0.15, -0.1) is 0 Å². The van der Waals surface area contributed by atoms with E-state index in [0.29, 0.717) is 28.7 Å². The Balaban J connectivity index is 1.37. The number of anilines is 3. The molecule has 13 nitrogen and oxygen atoms in total. The summed E-state index contributed by atoms with van der Waals surface area (Å²) < 4.78 is 26.5. The first-order valence-corrected chi connectivity index (χ1v) is 16.6. The average Bonchev–Trinajstić information content (AvgIpc) is 3.60. The van der Waals surface area contributed by atoms with Crippen molar-refractivity contribution in [2.75, 3.05) is 57.0 Å². The van der Waals surface area contributed by atoms with Gasteiger partial charge in [0.25, 0.3) is 0 Å². The van der Waals surface area contributed by atoms with Crippen LogP contribution in [-0.2, 0) is 15.1 Å². The molecule has 0 radical (unpaired) electrons. The second kappa shape index (κ2) is 13.3. The molecule has 2 aromatic heterocycles. The zero-order chi connectivity index (χ0) is 35.9. The maximum Gasteiger partial charge on any atom is 0.351 e. The van der Waals surface area contributed by atoms with Crippen LogP contribution in [0.15, 0.2) is 102 Å². The van der Waals surface area contributed by atoms with E-state index in [1.807, 2.05) is 109 Å². The summed E-state index contributed by atoms with van der Waals surface area (Å²) in [5.41, 5.74) is 6.02. The van der Waals surface area contributed by atoms with Gasteiger partial charge < -0.3 is 39.6 Å². The van der Waals surface area contributed by atoms with Gasteiger partial charge in [0.1, 0.15) is 58.6 Å². The van der Waals surface area contributed by atoms with E-state index in [9.17, 15) is 9.90 Å². The molecule has 0 saturated carbocycles. The molecule has 0 spiro atoms. The number of fused-ring (bicyclic) bond motifs is 2. The number of ether oxygens (including phenoxy) is 4. The SMILES string of the molecule is COc1ccc(C(OC[C@@]23CN(c4cc(N(C)C)ncn4)[C@@H]([C@H](n4cc(C)c(N)nc4=O)O2)[C@@H]3O)(c2ccccc2)c2ccc(OC)cc2)cc1. The number of benzene rings is 3. The van der Waals surface area contributed by atoms with Gasteiger partial charge in [0.05, 0.1) is 27.4 Å². The molecule has 2 aliphatic rings. The molecule has 0 unspecified atom stereocenters. The minimum absolute atomic E-state index is 0.0770. The smallest absolute Gasteiger partial charge is 0.351 e. The normalized spacial score (nSPS) is 21.1. The van der Waals surface area contributed by atoms with Crippen molar-refractivity contribution in [3.8, 4) is 11.5 Å². The Hall–Kier alpha value is -5.50. The van der Waals surface area contributed by atoms with Crippen LogP contribution in [0, 0.1) is 6.92 Å². The van der Waals surface area contributed by atoms with Gasteiger partial charge >= 0.3 is 5.69 Å². The molecule has 2 fully saturated rings. The molecule has 2 bridgehead atoms. The Labute approximate surface area is 295 Å². The molecule has 7 rings (SSSR count). The minimum Gasteiger partial charge on any atom is -0.497 e. The Bertz CT molecular complexity index is 2010. The maximum atomic E-state index is 13.3. The fourth-order valence-electron chi connectivity index (χ4n) is 7.12. The summed E-state index contributed by atoms with van der Waals surface area (Å²) in [6, 6.07) is 26.5. The highest BCUT2D eigenvalue weighted by atomic mass is 16.6. The number of rotatable bonds is 11. The Morgan fingerprint density at radius 2 is 1.57 bits per heavy atom. The van der Waals surface area contributed by atoms with Crippen molar-refractivity contribution in [1.29, 1.82) is 0 Å². The van der Waals surface area contributed by atoms with Gasteiger partial charge in [-0.3, -0.25) is 4.57 Å². The quantitative estimate of drug-likeness (QED) is 0.195. The number of nitrogens with zero attached hydrogens (tertiary/aromatic N) is 6. The lowest BCUT2D eigenvalue weighted by Crippen LogP contribution is -2.51. The highest BCUT2D eigenvalue weighted by Gasteiger charge is 2.65. The van der Waals surface area contributed by atoms with Crippen LogP contribution in [-0.4, -0.2) is 83.8 Å². The summed E-state index contributed by atoms with van der Waals surface area (Å²) in [5, 5.41) is 12.3. The van der Waals surface area contributed by atoms with Gasteiger partial charge in [-0.25, -0.2) is 14.8 Å². The zero-order valence-electron chi connectivity index (χ0n) is 29.1. The average molecular weight is 692 g/mol. The fourth-order valence-corrected chi connectivity index (χ4v) is 7.12. The second-order valence-electron chi connectivity index (χ2n) is 13.1. The van der Waals surface area contributed by atoms with Crippen molar-refractivity contribution < 1.29 is 24.1 Å². The lowest BCUT2D eigenvalue weighted by Gasteiger charge is -2.41. The number of aliphatic hydroxyl groups excluding tert-OH is 1. The lowest BCUT2D eigenvalue weighted by molar-refractivity contribution is -0.159. The molecule has 3 N–H and O–H groups in total. The highest BCUT2D eigenvalue weighted by Crippen LogP contribution is 2.50. The van der Waals surface area contributed by atoms with E-state index in [1.54, 1.807) is 27.3 Å². The third-order valence-electron chi connectivity index (χ3n) is 9.85. The van der Waals surface area contributed by atoms with Crippen molar-refractivity contribution in [3.63, 3.8) is 0 Å². The topological polar surface area (TPSA) is 150 Å². The molecule has 13 heteroatoms. The largest absolute Gasteiger partial charge is 0.497 e. The highest BCUT2D eigenvalue weighted by molar-refractivity contribution is 5.54. The third kappa shape index (κ3) is 5.82. The summed E-state index contributed by atoms with van der Waals surface area (Å²) in [6.45, 7) is 1.90. The van der Waals surface area contributed by atoms with Gasteiger partial charge in [0, 0.05) is 31.9 Å². The molecule has 4 heterocycles. The van der Waals surface area contributed by atoms with E-state index in [4.69, 9.17) is 24.7 Å². The van der Waals surface area contributed by atoms with Gasteiger partial charge in [0.15, 0.2) is 6.23 Å². The molecule has 51 heavy (non-hydrogen) atoms. The van der Waals surface area contributed by atoms with Crippen LogP contribution >= 0.6 is 0 Å². The van der Waals surface area contributed by atoms with Crippen molar-refractivity contribution >= 4 is 17.5 Å². The Kier molecular flexibility index (Phi) is 8.87. The van der Waals surface area contributed by atoms with Crippen LogP contribution in [0.25, 0.3) is 0 Å². The molecule has 3 aromatic carbocycles. The Morgan fingerprint density at radius 3 is 2.16 bits per heavy atom. The molecule has 2 aliphatic heterocycles. The van der Waals surface area contributed by atoms with E-state index in [2.05, 4.69) is 15.0 Å². The van der Waals surface area contributed by atoms with E-state index < -0.39 is 35.3 Å². The maximum absolute atomic E-state index is 13.3. The van der Waals surface area contributed by atoms with E-state index >= 15 is 0 Å². The molecular formula is C38H41N7O6. The summed E-state index contributed by atoms with van der Waals surface area (Å²) in [6.07, 6.45) is 1.05. The number of methoxy groups -OCH3 is 2. The van der Waals surface area contributed by atoms with Gasteiger partial charge in [-0.05, 0) is 47.9 Å². The first-order chi connectivity index (χ1) is 24.6. The number of aryl methyl sites for hydroxylation is 1. The van der Waals surface area contributed by atoms with Crippen LogP contribution in [0.3, 0.4) is 0 Å². The number of hydrogen-bond donors (Lipinski definition) is 2. The predicted molar refractivity (Wildman–Crippen MR) is 192 cm³/mol. The molecule has 5 aromatic rings. The van der Waals surface area contributed by atoms with Crippen LogP contribution in [0.1, 0.15) is 28.5 Å². The number of nitrogen functional groups attached to an aromatic ring is 1. The number of morpholine rings is 1. The van der Waals surface area contributed by atoms with Gasteiger partial charge in [-0.2, -0.15) is 4.98 Å². The fraction of sp³-hybridized carbons (Fsp3) is 0.316. The molecule has 0 amide bonds. The predicted octanol–water partition coefficient (Wildman–Crippen LogP) is 3.53. The van der Waals surface area contributed by atoms with Crippen LogP contribution in [0.4, 0.5) is 17.5 Å². The first-order valence-electron chi connectivity index (χ1n) is 16.6. The third-order valence-corrected chi connectivity index (χ3v) is 9.85. The zero-order valence-corrected chi connectivity index (χ0v) is 29.1. The second-order valence-corrected chi connectivity index (χ2v) is 13.1. The van der Waals surface area contributed by atoms with Crippen molar-refractivity contribution in [1.82, 2.24) is 19.5 Å². The summed E-state index contributed by atoms with van der Waals surface area (Å²) >= 11 is 0. The van der Waals surface area contributed by atoms with Crippen LogP contribution in [0.2, 0.25) is 0 Å². The van der Waals surface area contributed by atoms with Gasteiger partial charge in [-0.1, -0.05) is 54.6 Å². The monoisotopic (exact) mass is 691 g/mol. The summed E-state index contributed by atoms with van der Waals surface area (Å²) in [4.78, 5) is 30.2. The molecule has 264 valence electrons. The summed E-state index contributed by atoms with van der Waals surface area (Å²) in [5.74, 6) is 2.78. The van der Waals surface area contributed by atoms with E-state index in [1.165, 1.54) is 10.9 Å². The van der Waals surface area contributed by atoms with Gasteiger partial charge in [0.2, 0.25) is 0 Å². The summed E-state index contributed by atoms with van der Waals surface area (Å²) in [7, 11) is 7.03. The number of nitrogens with two attached hydrogens (primary N) is 1. The van der Waals surface area contributed by atoms with Crippen LogP contribution in [0.5, 0.6) is 11.5 Å². The Morgan fingerprint density at radius 1 is 0.961 bits per heavy atom. The molecule has 4 atom stereocenters. The van der Waals surface area contributed by atoms with Crippen molar-refractivity contribution in [2.24, 2.45) is 0 Å². The first kappa shape index (κ1) is 34.0. The number of hydrogen-bond acceptors (Lipinski definition) is 12. The van der Waals surface area contributed by atoms with E-state index in [-0.39, 0.29) is 19.0 Å².